The van der Waals surface area contributed by atoms with E-state index in [0.29, 0.717) is 33.7 Å². The molecule has 0 unspecified atom stereocenters. The van der Waals surface area contributed by atoms with E-state index in [4.69, 9.17) is 33.4 Å². The van der Waals surface area contributed by atoms with E-state index >= 15 is 0 Å². The van der Waals surface area contributed by atoms with E-state index in [-0.39, 0.29) is 0 Å². The van der Waals surface area contributed by atoms with Gasteiger partial charge in [0.25, 0.3) is 0 Å². The summed E-state index contributed by atoms with van der Waals surface area (Å²) in [7, 11) is 0. The summed E-state index contributed by atoms with van der Waals surface area (Å²) < 4.78 is 7.15. The molecule has 0 fully saturated rings. The van der Waals surface area contributed by atoms with Crippen molar-refractivity contribution >= 4 is 28.8 Å². The summed E-state index contributed by atoms with van der Waals surface area (Å²) in [5, 5.41) is 1.01. The highest BCUT2D eigenvalue weighted by Gasteiger charge is 2.17. The predicted octanol–water partition coefficient (Wildman–Crippen LogP) is 3.36. The van der Waals surface area contributed by atoms with Crippen molar-refractivity contribution in [1.29, 1.82) is 0 Å². The van der Waals surface area contributed by atoms with Crippen LogP contribution in [0.3, 0.4) is 0 Å². The predicted molar refractivity (Wildman–Crippen MR) is 70.8 cm³/mol. The Hall–Kier alpha value is -1.49. The third-order valence-electron chi connectivity index (χ3n) is 2.69. The van der Waals surface area contributed by atoms with Crippen molar-refractivity contribution in [2.24, 2.45) is 5.73 Å². The SMILES string of the molecule is NCc1c(-c2ccco2)nc2c(Cl)cc(Cl)cn12. The van der Waals surface area contributed by atoms with Crippen molar-refractivity contribution in [1.82, 2.24) is 9.38 Å². The molecule has 2 N–H and O–H groups in total. The molecule has 92 valence electrons. The molecule has 0 spiro atoms. The standard InChI is InChI=1S/C12H9Cl2N3O/c13-7-4-8(14)12-16-11(10-2-1-3-18-10)9(5-15)17(12)6-7/h1-4,6H,5,15H2. The van der Waals surface area contributed by atoms with Crippen molar-refractivity contribution in [2.75, 3.05) is 0 Å². The number of fused-ring (bicyclic) bond motifs is 1. The lowest BCUT2D eigenvalue weighted by molar-refractivity contribution is 0.579. The number of imidazole rings is 1. The quantitative estimate of drug-likeness (QED) is 0.784. The number of halogens is 2. The van der Waals surface area contributed by atoms with Crippen molar-refractivity contribution < 1.29 is 4.42 Å². The highest BCUT2D eigenvalue weighted by molar-refractivity contribution is 6.36. The Morgan fingerprint density at radius 1 is 1.39 bits per heavy atom. The largest absolute Gasteiger partial charge is 0.463 e. The van der Waals surface area contributed by atoms with Crippen LogP contribution in [0.2, 0.25) is 10.0 Å². The van der Waals surface area contributed by atoms with Crippen LogP contribution in [0.25, 0.3) is 17.1 Å². The molecular weight excluding hydrogens is 273 g/mol. The molecule has 4 nitrogen and oxygen atoms in total. The molecule has 0 aromatic carbocycles. The molecule has 3 aromatic rings. The van der Waals surface area contributed by atoms with Gasteiger partial charge in [-0.3, -0.25) is 4.40 Å². The summed E-state index contributed by atoms with van der Waals surface area (Å²) in [5.74, 6) is 0.659. The summed E-state index contributed by atoms with van der Waals surface area (Å²) in [6.07, 6.45) is 3.33. The Morgan fingerprint density at radius 2 is 2.22 bits per heavy atom. The highest BCUT2D eigenvalue weighted by atomic mass is 35.5. The van der Waals surface area contributed by atoms with Gasteiger partial charge in [-0.05, 0) is 18.2 Å². The van der Waals surface area contributed by atoms with Gasteiger partial charge in [0.05, 0.1) is 22.0 Å². The van der Waals surface area contributed by atoms with Crippen LogP contribution in [-0.2, 0) is 6.54 Å². The summed E-state index contributed by atoms with van der Waals surface area (Å²) >= 11 is 12.1. The van der Waals surface area contributed by atoms with Crippen LogP contribution < -0.4 is 5.73 Å². The highest BCUT2D eigenvalue weighted by Crippen LogP contribution is 2.29. The molecule has 0 bridgehead atoms. The van der Waals surface area contributed by atoms with Crippen molar-refractivity contribution in [2.45, 2.75) is 6.54 Å². The minimum atomic E-state index is 0.313. The first-order chi connectivity index (χ1) is 8.70. The van der Waals surface area contributed by atoms with E-state index < -0.39 is 0 Å². The summed E-state index contributed by atoms with van der Waals surface area (Å²) in [4.78, 5) is 4.47. The number of nitrogens with zero attached hydrogens (tertiary/aromatic N) is 2. The molecule has 0 aliphatic carbocycles. The number of nitrogens with two attached hydrogens (primary N) is 1. The lowest BCUT2D eigenvalue weighted by atomic mass is 10.2. The fourth-order valence-corrected chi connectivity index (χ4v) is 2.44. The zero-order valence-electron chi connectivity index (χ0n) is 9.23. The van der Waals surface area contributed by atoms with E-state index in [1.165, 1.54) is 0 Å². The molecule has 0 radical (unpaired) electrons. The summed E-state index contributed by atoms with van der Waals surface area (Å²) in [6, 6.07) is 5.28. The van der Waals surface area contributed by atoms with Gasteiger partial charge in [0.1, 0.15) is 5.69 Å². The van der Waals surface area contributed by atoms with Gasteiger partial charge in [-0.15, -0.1) is 0 Å². The van der Waals surface area contributed by atoms with Crippen molar-refractivity contribution in [3.63, 3.8) is 0 Å². The molecule has 3 heterocycles. The van der Waals surface area contributed by atoms with Crippen LogP contribution in [-0.4, -0.2) is 9.38 Å². The van der Waals surface area contributed by atoms with Gasteiger partial charge in [-0.25, -0.2) is 4.98 Å². The second kappa shape index (κ2) is 4.31. The van der Waals surface area contributed by atoms with Crippen LogP contribution in [0, 0.1) is 0 Å². The van der Waals surface area contributed by atoms with Crippen LogP contribution in [0.5, 0.6) is 0 Å². The number of hydrogen-bond donors (Lipinski definition) is 1. The second-order valence-electron chi connectivity index (χ2n) is 3.79. The minimum Gasteiger partial charge on any atom is -0.463 e. The average Bonchev–Trinajstić information content (AvgIpc) is 2.93. The maximum absolute atomic E-state index is 6.13. The summed E-state index contributed by atoms with van der Waals surface area (Å²) in [5.41, 5.74) is 7.89. The van der Waals surface area contributed by atoms with Crippen LogP contribution in [0.4, 0.5) is 0 Å². The number of rotatable bonds is 2. The van der Waals surface area contributed by atoms with E-state index in [1.54, 1.807) is 29.0 Å². The van der Waals surface area contributed by atoms with Crippen LogP contribution in [0.15, 0.2) is 35.1 Å². The van der Waals surface area contributed by atoms with Gasteiger partial charge < -0.3 is 10.2 Å². The van der Waals surface area contributed by atoms with E-state index in [2.05, 4.69) is 4.98 Å². The van der Waals surface area contributed by atoms with Crippen LogP contribution in [0.1, 0.15) is 5.69 Å². The molecule has 3 rings (SSSR count). The molecule has 3 aromatic heterocycles. The molecule has 0 amide bonds. The van der Waals surface area contributed by atoms with Gasteiger partial charge in [-0.1, -0.05) is 23.2 Å². The number of aromatic nitrogens is 2. The zero-order chi connectivity index (χ0) is 12.7. The molecule has 0 aliphatic rings. The third kappa shape index (κ3) is 1.70. The lowest BCUT2D eigenvalue weighted by Crippen LogP contribution is -2.02. The maximum Gasteiger partial charge on any atom is 0.156 e. The van der Waals surface area contributed by atoms with E-state index in [1.807, 2.05) is 6.07 Å². The first-order valence-electron chi connectivity index (χ1n) is 5.30. The topological polar surface area (TPSA) is 56.5 Å². The smallest absolute Gasteiger partial charge is 0.156 e. The number of pyridine rings is 1. The maximum atomic E-state index is 6.13. The second-order valence-corrected chi connectivity index (χ2v) is 4.63. The molecule has 0 saturated carbocycles. The van der Waals surface area contributed by atoms with Gasteiger partial charge in [-0.2, -0.15) is 0 Å². The lowest BCUT2D eigenvalue weighted by Gasteiger charge is -2.01. The monoisotopic (exact) mass is 281 g/mol. The molecule has 0 aliphatic heterocycles. The first kappa shape index (κ1) is 11.6. The van der Waals surface area contributed by atoms with E-state index in [9.17, 15) is 0 Å². The Morgan fingerprint density at radius 3 is 2.89 bits per heavy atom. The fourth-order valence-electron chi connectivity index (χ4n) is 1.93. The number of hydrogen-bond acceptors (Lipinski definition) is 3. The summed E-state index contributed by atoms with van der Waals surface area (Å²) in [6.45, 7) is 0.313. The first-order valence-corrected chi connectivity index (χ1v) is 6.06. The van der Waals surface area contributed by atoms with Gasteiger partial charge in [0.2, 0.25) is 0 Å². The van der Waals surface area contributed by atoms with Gasteiger partial charge in [0, 0.05) is 12.7 Å². The molecular formula is C12H9Cl2N3O. The Kier molecular flexibility index (Phi) is 2.78. The normalized spacial score (nSPS) is 11.3. The fraction of sp³-hybridized carbons (Fsp3) is 0.0833. The Balaban J connectivity index is 2.37. The van der Waals surface area contributed by atoms with Crippen LogP contribution >= 0.6 is 23.2 Å². The van der Waals surface area contributed by atoms with E-state index in [0.717, 1.165) is 5.69 Å². The zero-order valence-corrected chi connectivity index (χ0v) is 10.7. The molecule has 6 heteroatoms. The van der Waals surface area contributed by atoms with Crippen molar-refractivity contribution in [3.05, 3.63) is 46.4 Å². The Labute approximate surface area is 113 Å². The third-order valence-corrected chi connectivity index (χ3v) is 3.17. The van der Waals surface area contributed by atoms with Gasteiger partial charge in [0.15, 0.2) is 11.4 Å². The minimum absolute atomic E-state index is 0.313. The molecule has 0 atom stereocenters. The molecule has 0 saturated heterocycles. The Bertz CT molecular complexity index is 704. The molecule has 18 heavy (non-hydrogen) atoms. The average molecular weight is 282 g/mol. The van der Waals surface area contributed by atoms with Gasteiger partial charge >= 0.3 is 0 Å². The van der Waals surface area contributed by atoms with Crippen molar-refractivity contribution in [3.8, 4) is 11.5 Å². The number of furan rings is 1.